The molecule has 0 saturated carbocycles. The lowest BCUT2D eigenvalue weighted by Crippen LogP contribution is -2.34. The van der Waals surface area contributed by atoms with Crippen molar-refractivity contribution in [2.45, 2.75) is 39.2 Å². The van der Waals surface area contributed by atoms with Gasteiger partial charge in [0.2, 0.25) is 0 Å². The molecular weight excluding hydrogens is 354 g/mol. The Kier molecular flexibility index (Phi) is 6.93. The van der Waals surface area contributed by atoms with Gasteiger partial charge in [0.25, 0.3) is 0 Å². The highest BCUT2D eigenvalue weighted by Crippen LogP contribution is 2.26. The highest BCUT2D eigenvalue weighted by atomic mass is 32.1. The van der Waals surface area contributed by atoms with Crippen molar-refractivity contribution in [3.63, 3.8) is 0 Å². The van der Waals surface area contributed by atoms with Crippen LogP contribution in [0.5, 0.6) is 5.75 Å². The molecule has 3 rings (SSSR count). The molecule has 0 aliphatic carbocycles. The van der Waals surface area contributed by atoms with Gasteiger partial charge in [-0.25, -0.2) is 0 Å². The van der Waals surface area contributed by atoms with Crippen LogP contribution in [0.2, 0.25) is 0 Å². The van der Waals surface area contributed by atoms with Gasteiger partial charge in [-0.05, 0) is 81.2 Å². The first-order valence-corrected chi connectivity index (χ1v) is 10.2. The van der Waals surface area contributed by atoms with Gasteiger partial charge in [-0.3, -0.25) is 0 Å². The first kappa shape index (κ1) is 19.5. The Labute approximate surface area is 167 Å². The van der Waals surface area contributed by atoms with Gasteiger partial charge < -0.3 is 20.3 Å². The average Bonchev–Trinajstić information content (AvgIpc) is 2.66. The predicted molar refractivity (Wildman–Crippen MR) is 118 cm³/mol. The molecular formula is C22H29N3OS. The number of aryl methyl sites for hydroxylation is 1. The third-order valence-electron chi connectivity index (χ3n) is 4.58. The molecule has 0 aromatic heterocycles. The summed E-state index contributed by atoms with van der Waals surface area (Å²) in [5.74, 6) is 0.872. The number of thiocarbonyl (C=S) groups is 1. The smallest absolute Gasteiger partial charge is 0.170 e. The molecule has 0 spiro atoms. The molecule has 0 bridgehead atoms. The summed E-state index contributed by atoms with van der Waals surface area (Å²) in [5.41, 5.74) is 3.83. The SMILES string of the molecule is CC(C)Oc1ccc(NC(=S)NCCCN2CCCc3ccccc32)cc1. The van der Waals surface area contributed by atoms with Gasteiger partial charge >= 0.3 is 0 Å². The second-order valence-electron chi connectivity index (χ2n) is 7.14. The van der Waals surface area contributed by atoms with E-state index in [1.165, 1.54) is 24.1 Å². The van der Waals surface area contributed by atoms with Crippen LogP contribution < -0.4 is 20.3 Å². The van der Waals surface area contributed by atoms with E-state index in [0.29, 0.717) is 5.11 Å². The van der Waals surface area contributed by atoms with E-state index in [1.807, 2.05) is 38.1 Å². The van der Waals surface area contributed by atoms with Gasteiger partial charge in [0.15, 0.2) is 5.11 Å². The summed E-state index contributed by atoms with van der Waals surface area (Å²) < 4.78 is 5.66. The van der Waals surface area contributed by atoms with Gasteiger partial charge in [0.1, 0.15) is 5.75 Å². The van der Waals surface area contributed by atoms with Crippen LogP contribution in [0.25, 0.3) is 0 Å². The number of rotatable bonds is 7. The molecule has 1 aliphatic heterocycles. The molecule has 2 aromatic carbocycles. The summed E-state index contributed by atoms with van der Waals surface area (Å²) in [5, 5.41) is 7.19. The van der Waals surface area contributed by atoms with Crippen molar-refractivity contribution in [1.29, 1.82) is 0 Å². The Bertz CT molecular complexity index is 745. The van der Waals surface area contributed by atoms with Crippen LogP contribution in [-0.4, -0.2) is 30.9 Å². The van der Waals surface area contributed by atoms with E-state index in [1.54, 1.807) is 0 Å². The maximum absolute atomic E-state index is 5.66. The fraction of sp³-hybridized carbons (Fsp3) is 0.409. The van der Waals surface area contributed by atoms with E-state index in [-0.39, 0.29) is 6.10 Å². The minimum atomic E-state index is 0.179. The summed E-state index contributed by atoms with van der Waals surface area (Å²) in [7, 11) is 0. The van der Waals surface area contributed by atoms with Crippen molar-refractivity contribution in [2.24, 2.45) is 0 Å². The van der Waals surface area contributed by atoms with Crippen LogP contribution in [-0.2, 0) is 6.42 Å². The monoisotopic (exact) mass is 383 g/mol. The first-order chi connectivity index (χ1) is 13.1. The molecule has 144 valence electrons. The van der Waals surface area contributed by atoms with Crippen molar-refractivity contribution in [1.82, 2.24) is 5.32 Å². The predicted octanol–water partition coefficient (Wildman–Crippen LogP) is 4.60. The van der Waals surface area contributed by atoms with E-state index >= 15 is 0 Å². The summed E-state index contributed by atoms with van der Waals surface area (Å²) in [6.45, 7) is 7.10. The summed E-state index contributed by atoms with van der Waals surface area (Å²) in [4.78, 5) is 2.49. The van der Waals surface area contributed by atoms with E-state index < -0.39 is 0 Å². The van der Waals surface area contributed by atoms with Gasteiger partial charge in [0.05, 0.1) is 6.10 Å². The Morgan fingerprint density at radius 1 is 1.15 bits per heavy atom. The number of para-hydroxylation sites is 1. The molecule has 1 heterocycles. The van der Waals surface area contributed by atoms with Crippen LogP contribution in [0.3, 0.4) is 0 Å². The standard InChI is InChI=1S/C22H29N3OS/c1-17(2)26-20-12-10-19(11-13-20)24-22(27)23-14-6-16-25-15-5-8-18-7-3-4-9-21(18)25/h3-4,7,9-13,17H,5-6,8,14-16H2,1-2H3,(H2,23,24,27). The third-order valence-corrected chi connectivity index (χ3v) is 4.83. The van der Waals surface area contributed by atoms with Crippen LogP contribution in [0.15, 0.2) is 48.5 Å². The van der Waals surface area contributed by atoms with E-state index in [4.69, 9.17) is 17.0 Å². The third kappa shape index (κ3) is 5.86. The first-order valence-electron chi connectivity index (χ1n) is 9.76. The number of hydrogen-bond donors (Lipinski definition) is 2. The molecule has 0 radical (unpaired) electrons. The second-order valence-corrected chi connectivity index (χ2v) is 7.55. The molecule has 1 aliphatic rings. The lowest BCUT2D eigenvalue weighted by molar-refractivity contribution is 0.242. The topological polar surface area (TPSA) is 36.5 Å². The number of hydrogen-bond acceptors (Lipinski definition) is 3. The molecule has 0 saturated heterocycles. The highest BCUT2D eigenvalue weighted by molar-refractivity contribution is 7.80. The van der Waals surface area contributed by atoms with Gasteiger partial charge in [-0.1, -0.05) is 18.2 Å². The van der Waals surface area contributed by atoms with Gasteiger partial charge in [-0.15, -0.1) is 0 Å². The molecule has 5 heteroatoms. The molecule has 0 amide bonds. The number of anilines is 2. The van der Waals surface area contributed by atoms with Crippen molar-refractivity contribution >= 4 is 28.7 Å². The lowest BCUT2D eigenvalue weighted by Gasteiger charge is -2.31. The molecule has 0 fully saturated rings. The van der Waals surface area contributed by atoms with Crippen molar-refractivity contribution < 1.29 is 4.74 Å². The zero-order valence-electron chi connectivity index (χ0n) is 16.2. The number of fused-ring (bicyclic) bond motifs is 1. The van der Waals surface area contributed by atoms with Crippen molar-refractivity contribution in [2.75, 3.05) is 29.9 Å². The van der Waals surface area contributed by atoms with E-state index in [0.717, 1.165) is 37.5 Å². The number of ether oxygens (including phenoxy) is 1. The minimum Gasteiger partial charge on any atom is -0.491 e. The molecule has 0 unspecified atom stereocenters. The molecule has 27 heavy (non-hydrogen) atoms. The Hall–Kier alpha value is -2.27. The van der Waals surface area contributed by atoms with Gasteiger partial charge in [-0.2, -0.15) is 0 Å². The summed E-state index contributed by atoms with van der Waals surface area (Å²) >= 11 is 5.40. The zero-order chi connectivity index (χ0) is 19.1. The van der Waals surface area contributed by atoms with E-state index in [9.17, 15) is 0 Å². The summed E-state index contributed by atoms with van der Waals surface area (Å²) in [6.07, 6.45) is 3.66. The average molecular weight is 384 g/mol. The minimum absolute atomic E-state index is 0.179. The number of nitrogens with one attached hydrogen (secondary N) is 2. The van der Waals surface area contributed by atoms with Gasteiger partial charge in [0, 0.05) is 31.0 Å². The summed E-state index contributed by atoms with van der Waals surface area (Å²) in [6, 6.07) is 16.6. The normalized spacial score (nSPS) is 13.2. The van der Waals surface area contributed by atoms with Crippen molar-refractivity contribution in [3.05, 3.63) is 54.1 Å². The maximum atomic E-state index is 5.66. The van der Waals surface area contributed by atoms with Crippen LogP contribution in [0, 0.1) is 0 Å². The molecule has 2 N–H and O–H groups in total. The largest absolute Gasteiger partial charge is 0.491 e. The van der Waals surface area contributed by atoms with E-state index in [2.05, 4.69) is 39.8 Å². The van der Waals surface area contributed by atoms with Crippen molar-refractivity contribution in [3.8, 4) is 5.75 Å². The fourth-order valence-electron chi connectivity index (χ4n) is 3.38. The maximum Gasteiger partial charge on any atom is 0.170 e. The van der Waals surface area contributed by atoms with Crippen LogP contribution >= 0.6 is 12.2 Å². The second kappa shape index (κ2) is 9.60. The Balaban J connectivity index is 1.39. The Morgan fingerprint density at radius 3 is 2.70 bits per heavy atom. The van der Waals surface area contributed by atoms with Crippen LogP contribution in [0.4, 0.5) is 11.4 Å². The zero-order valence-corrected chi connectivity index (χ0v) is 17.0. The number of nitrogens with zero attached hydrogens (tertiary/aromatic N) is 1. The molecule has 4 nitrogen and oxygen atoms in total. The lowest BCUT2D eigenvalue weighted by atomic mass is 10.0. The number of benzene rings is 2. The molecule has 0 atom stereocenters. The fourth-order valence-corrected chi connectivity index (χ4v) is 3.60. The highest BCUT2D eigenvalue weighted by Gasteiger charge is 2.15. The quantitative estimate of drug-likeness (QED) is 0.540. The Morgan fingerprint density at radius 2 is 1.93 bits per heavy atom. The molecule has 2 aromatic rings. The van der Waals surface area contributed by atoms with Crippen LogP contribution in [0.1, 0.15) is 32.3 Å².